The summed E-state index contributed by atoms with van der Waals surface area (Å²) in [5, 5.41) is 3.82. The summed E-state index contributed by atoms with van der Waals surface area (Å²) >= 11 is 0. The zero-order valence-corrected chi connectivity index (χ0v) is 14.2. The predicted octanol–water partition coefficient (Wildman–Crippen LogP) is 3.70. The molecule has 0 saturated heterocycles. The van der Waals surface area contributed by atoms with Crippen molar-refractivity contribution in [1.29, 1.82) is 0 Å². The predicted molar refractivity (Wildman–Crippen MR) is 89.5 cm³/mol. The number of hydrogen-bond acceptors (Lipinski definition) is 3. The monoisotopic (exact) mass is 289 g/mol. The molecule has 1 N–H and O–H groups in total. The fourth-order valence-corrected chi connectivity index (χ4v) is 3.80. The molecule has 1 saturated carbocycles. The Labute approximate surface area is 130 Å². The molecule has 0 spiro atoms. The van der Waals surface area contributed by atoms with Crippen molar-refractivity contribution in [2.75, 3.05) is 20.6 Å². The number of hydrogen-bond donors (Lipinski definition) is 1. The summed E-state index contributed by atoms with van der Waals surface area (Å²) in [6.07, 6.45) is 11.8. The summed E-state index contributed by atoms with van der Waals surface area (Å²) in [6, 6.07) is 2.68. The van der Waals surface area contributed by atoms with Crippen LogP contribution in [0.3, 0.4) is 0 Å². The topological polar surface area (TPSA) is 28.2 Å². The van der Waals surface area contributed by atoms with Crippen LogP contribution in [0.2, 0.25) is 0 Å². The van der Waals surface area contributed by atoms with Crippen molar-refractivity contribution >= 4 is 0 Å². The van der Waals surface area contributed by atoms with Crippen LogP contribution in [0.4, 0.5) is 0 Å². The van der Waals surface area contributed by atoms with Crippen LogP contribution in [0.15, 0.2) is 18.5 Å². The average molecular weight is 289 g/mol. The lowest BCUT2D eigenvalue weighted by Gasteiger charge is -2.49. The highest BCUT2D eigenvalue weighted by Crippen LogP contribution is 2.42. The van der Waals surface area contributed by atoms with Crippen molar-refractivity contribution in [2.45, 2.75) is 64.0 Å². The molecule has 1 atom stereocenters. The van der Waals surface area contributed by atoms with Gasteiger partial charge in [0.2, 0.25) is 0 Å². The lowest BCUT2D eigenvalue weighted by atomic mass is 9.73. The Balaban J connectivity index is 2.36. The van der Waals surface area contributed by atoms with E-state index in [4.69, 9.17) is 0 Å². The van der Waals surface area contributed by atoms with Gasteiger partial charge in [0.25, 0.3) is 0 Å². The summed E-state index contributed by atoms with van der Waals surface area (Å²) in [4.78, 5) is 6.90. The van der Waals surface area contributed by atoms with E-state index in [1.54, 1.807) is 0 Å². The van der Waals surface area contributed by atoms with Gasteiger partial charge in [0, 0.05) is 17.9 Å². The van der Waals surface area contributed by atoms with Gasteiger partial charge in [-0.15, -0.1) is 0 Å². The first-order valence-corrected chi connectivity index (χ1v) is 8.42. The van der Waals surface area contributed by atoms with Crippen LogP contribution in [0.25, 0.3) is 0 Å². The van der Waals surface area contributed by atoms with Crippen molar-refractivity contribution in [3.05, 3.63) is 29.6 Å². The first-order chi connectivity index (χ1) is 10.1. The van der Waals surface area contributed by atoms with Crippen LogP contribution < -0.4 is 5.32 Å². The Morgan fingerprint density at radius 2 is 1.95 bits per heavy atom. The molecule has 21 heavy (non-hydrogen) atoms. The molecular formula is C18H31N3. The molecule has 118 valence electrons. The minimum Gasteiger partial charge on any atom is -0.308 e. The van der Waals surface area contributed by atoms with E-state index >= 15 is 0 Å². The second-order valence-electron chi connectivity index (χ2n) is 6.74. The van der Waals surface area contributed by atoms with Crippen LogP contribution in [0, 0.1) is 6.92 Å². The maximum absolute atomic E-state index is 4.44. The fraction of sp³-hybridized carbons (Fsp3) is 0.722. The van der Waals surface area contributed by atoms with Crippen LogP contribution in [0.5, 0.6) is 0 Å². The van der Waals surface area contributed by atoms with Gasteiger partial charge in [-0.2, -0.15) is 0 Å². The van der Waals surface area contributed by atoms with Crippen LogP contribution in [-0.2, 0) is 0 Å². The molecule has 0 amide bonds. The van der Waals surface area contributed by atoms with Gasteiger partial charge in [-0.1, -0.05) is 32.3 Å². The van der Waals surface area contributed by atoms with E-state index in [1.807, 2.05) is 6.20 Å². The molecule has 1 aliphatic carbocycles. The molecule has 0 radical (unpaired) electrons. The van der Waals surface area contributed by atoms with Crippen LogP contribution >= 0.6 is 0 Å². The highest BCUT2D eigenvalue weighted by atomic mass is 15.2. The number of aryl methyl sites for hydroxylation is 1. The standard InChI is InChI=1S/C18H31N3/c1-5-11-20-17(16-12-15(2)13-19-14-16)18(21(3)4)9-7-6-8-10-18/h12-14,17,20H,5-11H2,1-4H3. The van der Waals surface area contributed by atoms with Gasteiger partial charge in [-0.05, 0) is 58.0 Å². The molecule has 3 heteroatoms. The van der Waals surface area contributed by atoms with Crippen molar-refractivity contribution in [1.82, 2.24) is 15.2 Å². The summed E-state index contributed by atoms with van der Waals surface area (Å²) in [7, 11) is 4.49. The Hall–Kier alpha value is -0.930. The summed E-state index contributed by atoms with van der Waals surface area (Å²) in [6.45, 7) is 5.44. The first-order valence-electron chi connectivity index (χ1n) is 8.42. The molecular weight excluding hydrogens is 258 g/mol. The maximum atomic E-state index is 4.44. The maximum Gasteiger partial charge on any atom is 0.0522 e. The molecule has 1 fully saturated rings. The Morgan fingerprint density at radius 3 is 2.52 bits per heavy atom. The zero-order chi connectivity index (χ0) is 15.3. The second kappa shape index (κ2) is 7.37. The molecule has 1 aliphatic rings. The highest BCUT2D eigenvalue weighted by Gasteiger charge is 2.42. The van der Waals surface area contributed by atoms with Crippen LogP contribution in [-0.4, -0.2) is 36.1 Å². The molecule has 1 aromatic rings. The van der Waals surface area contributed by atoms with Crippen molar-refractivity contribution in [3.63, 3.8) is 0 Å². The molecule has 0 aliphatic heterocycles. The summed E-state index contributed by atoms with van der Waals surface area (Å²) in [5.74, 6) is 0. The van der Waals surface area contributed by atoms with E-state index in [9.17, 15) is 0 Å². The minimum absolute atomic E-state index is 0.225. The van der Waals surface area contributed by atoms with Gasteiger partial charge < -0.3 is 10.2 Å². The number of aromatic nitrogens is 1. The van der Waals surface area contributed by atoms with Gasteiger partial charge in [-0.25, -0.2) is 0 Å². The summed E-state index contributed by atoms with van der Waals surface area (Å²) in [5.41, 5.74) is 2.82. The van der Waals surface area contributed by atoms with E-state index in [2.05, 4.69) is 55.4 Å². The smallest absolute Gasteiger partial charge is 0.0522 e. The van der Waals surface area contributed by atoms with Gasteiger partial charge in [-0.3, -0.25) is 4.98 Å². The van der Waals surface area contributed by atoms with Crippen molar-refractivity contribution in [3.8, 4) is 0 Å². The van der Waals surface area contributed by atoms with E-state index < -0.39 is 0 Å². The fourth-order valence-electron chi connectivity index (χ4n) is 3.80. The van der Waals surface area contributed by atoms with E-state index in [0.717, 1.165) is 6.54 Å². The largest absolute Gasteiger partial charge is 0.308 e. The number of rotatable bonds is 6. The second-order valence-corrected chi connectivity index (χ2v) is 6.74. The third kappa shape index (κ3) is 3.64. The average Bonchev–Trinajstić information content (AvgIpc) is 2.48. The molecule has 1 unspecified atom stereocenters. The third-order valence-electron chi connectivity index (χ3n) is 4.98. The molecule has 0 bridgehead atoms. The molecule has 3 nitrogen and oxygen atoms in total. The van der Waals surface area contributed by atoms with E-state index in [1.165, 1.54) is 49.7 Å². The lowest BCUT2D eigenvalue weighted by molar-refractivity contribution is 0.0563. The minimum atomic E-state index is 0.225. The molecule has 1 aromatic heterocycles. The van der Waals surface area contributed by atoms with Gasteiger partial charge in [0.15, 0.2) is 0 Å². The summed E-state index contributed by atoms with van der Waals surface area (Å²) < 4.78 is 0. The molecule has 0 aromatic carbocycles. The Bertz CT molecular complexity index is 436. The lowest BCUT2D eigenvalue weighted by Crippen LogP contribution is -2.55. The number of pyridine rings is 1. The number of nitrogens with zero attached hydrogens (tertiary/aromatic N) is 2. The highest BCUT2D eigenvalue weighted by molar-refractivity contribution is 5.24. The SMILES string of the molecule is CCCNC(c1cncc(C)c1)C1(N(C)C)CCCCC1. The van der Waals surface area contributed by atoms with E-state index in [-0.39, 0.29) is 5.54 Å². The Morgan fingerprint density at radius 1 is 1.24 bits per heavy atom. The Kier molecular flexibility index (Phi) is 5.77. The van der Waals surface area contributed by atoms with Crippen molar-refractivity contribution < 1.29 is 0 Å². The third-order valence-corrected chi connectivity index (χ3v) is 4.98. The van der Waals surface area contributed by atoms with E-state index in [0.29, 0.717) is 6.04 Å². The first kappa shape index (κ1) is 16.4. The number of likely N-dealkylation sites (N-methyl/N-ethyl adjacent to an activating group) is 1. The van der Waals surface area contributed by atoms with Gasteiger partial charge >= 0.3 is 0 Å². The van der Waals surface area contributed by atoms with Crippen molar-refractivity contribution in [2.24, 2.45) is 0 Å². The molecule has 2 rings (SSSR count). The zero-order valence-electron chi connectivity index (χ0n) is 14.2. The van der Waals surface area contributed by atoms with Crippen LogP contribution in [0.1, 0.15) is 62.6 Å². The molecule has 1 heterocycles. The van der Waals surface area contributed by atoms with Gasteiger partial charge in [0.05, 0.1) is 6.04 Å². The van der Waals surface area contributed by atoms with Gasteiger partial charge in [0.1, 0.15) is 0 Å². The number of nitrogens with one attached hydrogen (secondary N) is 1. The normalized spacial score (nSPS) is 19.7. The quantitative estimate of drug-likeness (QED) is 0.865.